The number of rotatable bonds is 0. The zero-order valence-electron chi connectivity index (χ0n) is 5.68. The summed E-state index contributed by atoms with van der Waals surface area (Å²) >= 11 is 0. The van der Waals surface area contributed by atoms with Gasteiger partial charge in [0.15, 0.2) is 0 Å². The van der Waals surface area contributed by atoms with Crippen LogP contribution in [-0.2, 0) is 13.6 Å². The Hall–Kier alpha value is -0.130. The highest BCUT2D eigenvalue weighted by molar-refractivity contribution is 7.48. The van der Waals surface area contributed by atoms with Crippen molar-refractivity contribution in [3.05, 3.63) is 0 Å². The minimum atomic E-state index is -4.69. The van der Waals surface area contributed by atoms with Crippen LogP contribution >= 0.6 is 7.91 Å². The molecular weight excluding hydrogens is 203 g/mol. The van der Waals surface area contributed by atoms with Crippen LogP contribution in [0, 0.1) is 5.92 Å². The van der Waals surface area contributed by atoms with Gasteiger partial charge in [-0.05, 0) is 0 Å². The van der Waals surface area contributed by atoms with E-state index < -0.39 is 33.2 Å². The Balaban J connectivity index is 2.53. The van der Waals surface area contributed by atoms with Gasteiger partial charge in [-0.25, -0.2) is 4.57 Å². The van der Waals surface area contributed by atoms with Gasteiger partial charge in [0.25, 0.3) is 0 Å². The van der Waals surface area contributed by atoms with Crippen molar-refractivity contribution in [3.63, 3.8) is 0 Å². The molecule has 0 unspecified atom stereocenters. The summed E-state index contributed by atoms with van der Waals surface area (Å²) < 4.78 is 65.4. The van der Waals surface area contributed by atoms with Crippen LogP contribution in [-0.4, -0.2) is 19.4 Å². The standard InChI is InChI=1S/C4H5F4O3P/c5-4(6,7)3-1-10-12(8,9)11-2-3/h3H,1-2H2. The summed E-state index contributed by atoms with van der Waals surface area (Å²) in [4.78, 5) is 0. The number of halogens is 4. The molecule has 0 amide bonds. The molecule has 1 heterocycles. The van der Waals surface area contributed by atoms with Crippen molar-refractivity contribution in [1.29, 1.82) is 0 Å². The second-order valence-corrected chi connectivity index (χ2v) is 3.64. The largest absolute Gasteiger partial charge is 0.513 e. The fourth-order valence-corrected chi connectivity index (χ4v) is 1.42. The molecular formula is C4H5F4O3P. The first-order valence-electron chi connectivity index (χ1n) is 2.97. The van der Waals surface area contributed by atoms with E-state index in [0.29, 0.717) is 0 Å². The van der Waals surface area contributed by atoms with E-state index in [2.05, 4.69) is 9.05 Å². The molecule has 0 aromatic rings. The van der Waals surface area contributed by atoms with E-state index >= 15 is 0 Å². The highest BCUT2D eigenvalue weighted by Crippen LogP contribution is 2.54. The van der Waals surface area contributed by atoms with Crippen molar-refractivity contribution in [2.24, 2.45) is 5.92 Å². The molecule has 8 heteroatoms. The van der Waals surface area contributed by atoms with E-state index in [1.807, 2.05) is 0 Å². The van der Waals surface area contributed by atoms with Crippen LogP contribution in [0.15, 0.2) is 0 Å². The number of hydrogen-bond acceptors (Lipinski definition) is 3. The van der Waals surface area contributed by atoms with Crippen LogP contribution in [0.5, 0.6) is 0 Å². The van der Waals surface area contributed by atoms with Crippen molar-refractivity contribution in [2.75, 3.05) is 13.2 Å². The molecule has 0 atom stereocenters. The van der Waals surface area contributed by atoms with Gasteiger partial charge in [-0.15, -0.1) is 4.20 Å². The van der Waals surface area contributed by atoms with Crippen LogP contribution in [0.4, 0.5) is 17.4 Å². The first-order chi connectivity index (χ1) is 5.31. The van der Waals surface area contributed by atoms with Gasteiger partial charge in [-0.3, -0.25) is 9.05 Å². The SMILES string of the molecule is O=P1(F)OCC(C(F)(F)F)CO1. The molecule has 0 bridgehead atoms. The van der Waals surface area contributed by atoms with Gasteiger partial charge in [0.1, 0.15) is 5.92 Å². The van der Waals surface area contributed by atoms with E-state index in [1.165, 1.54) is 0 Å². The molecule has 0 radical (unpaired) electrons. The number of hydrogen-bond donors (Lipinski definition) is 0. The molecule has 0 aromatic carbocycles. The van der Waals surface area contributed by atoms with Crippen molar-refractivity contribution in [2.45, 2.75) is 6.18 Å². The lowest BCUT2D eigenvalue weighted by molar-refractivity contribution is -0.197. The number of alkyl halides is 3. The van der Waals surface area contributed by atoms with Gasteiger partial charge in [0, 0.05) is 0 Å². The summed E-state index contributed by atoms with van der Waals surface area (Å²) in [5.74, 6) is -1.89. The van der Waals surface area contributed by atoms with Gasteiger partial charge in [0.2, 0.25) is 0 Å². The molecule has 1 fully saturated rings. The first-order valence-corrected chi connectivity index (χ1v) is 4.40. The van der Waals surface area contributed by atoms with Crippen LogP contribution in [0.2, 0.25) is 0 Å². The van der Waals surface area contributed by atoms with Gasteiger partial charge in [-0.2, -0.15) is 13.2 Å². The van der Waals surface area contributed by atoms with Crippen LogP contribution in [0.25, 0.3) is 0 Å². The lowest BCUT2D eigenvalue weighted by Crippen LogP contribution is -2.33. The Bertz CT molecular complexity index is 203. The van der Waals surface area contributed by atoms with Gasteiger partial charge in [-0.1, -0.05) is 0 Å². The van der Waals surface area contributed by atoms with E-state index in [4.69, 9.17) is 0 Å². The minimum absolute atomic E-state index is 0.947. The minimum Gasteiger partial charge on any atom is -0.283 e. The fourth-order valence-electron chi connectivity index (χ4n) is 0.632. The predicted molar refractivity (Wildman–Crippen MR) is 30.2 cm³/mol. The van der Waals surface area contributed by atoms with Crippen LogP contribution in [0.3, 0.4) is 0 Å². The molecule has 0 N–H and O–H groups in total. The molecule has 3 nitrogen and oxygen atoms in total. The molecule has 72 valence electrons. The highest BCUT2D eigenvalue weighted by Gasteiger charge is 2.46. The molecule has 0 aliphatic carbocycles. The maximum absolute atomic E-state index is 12.2. The molecule has 0 spiro atoms. The van der Waals surface area contributed by atoms with Crippen molar-refractivity contribution >= 4 is 7.91 Å². The molecule has 0 saturated carbocycles. The lowest BCUT2D eigenvalue weighted by Gasteiger charge is -2.25. The highest BCUT2D eigenvalue weighted by atomic mass is 31.2. The maximum Gasteiger partial charge on any atom is 0.513 e. The molecule has 0 aromatic heterocycles. The maximum atomic E-state index is 12.2. The van der Waals surface area contributed by atoms with E-state index in [9.17, 15) is 21.9 Å². The summed E-state index contributed by atoms with van der Waals surface area (Å²) in [6.45, 7) is -1.89. The summed E-state index contributed by atoms with van der Waals surface area (Å²) in [6.07, 6.45) is -4.50. The quantitative estimate of drug-likeness (QED) is 0.452. The third-order valence-corrected chi connectivity index (χ3v) is 2.24. The first kappa shape index (κ1) is 9.95. The molecule has 12 heavy (non-hydrogen) atoms. The molecule has 1 aliphatic rings. The Labute approximate surface area is 65.3 Å². The summed E-state index contributed by atoms with van der Waals surface area (Å²) in [5, 5.41) is 0. The summed E-state index contributed by atoms with van der Waals surface area (Å²) in [6, 6.07) is 0. The normalized spacial score (nSPS) is 38.2. The zero-order valence-corrected chi connectivity index (χ0v) is 6.57. The van der Waals surface area contributed by atoms with E-state index in [-0.39, 0.29) is 0 Å². The second kappa shape index (κ2) is 2.97. The van der Waals surface area contributed by atoms with Crippen LogP contribution in [0.1, 0.15) is 0 Å². The Kier molecular flexibility index (Phi) is 2.47. The predicted octanol–water partition coefficient (Wildman–Crippen LogP) is 2.29. The third kappa shape index (κ3) is 2.43. The van der Waals surface area contributed by atoms with Gasteiger partial charge >= 0.3 is 14.1 Å². The fraction of sp³-hybridized carbons (Fsp3) is 1.00. The van der Waals surface area contributed by atoms with Gasteiger partial charge < -0.3 is 0 Å². The Morgan fingerprint density at radius 3 is 2.00 bits per heavy atom. The lowest BCUT2D eigenvalue weighted by atomic mass is 10.2. The second-order valence-electron chi connectivity index (χ2n) is 2.26. The van der Waals surface area contributed by atoms with Gasteiger partial charge in [0.05, 0.1) is 13.2 Å². The molecule has 1 rings (SSSR count). The van der Waals surface area contributed by atoms with Crippen molar-refractivity contribution in [3.8, 4) is 0 Å². The summed E-state index contributed by atoms with van der Waals surface area (Å²) in [7, 11) is -4.69. The zero-order chi connectivity index (χ0) is 9.41. The molecule has 1 aliphatic heterocycles. The Morgan fingerprint density at radius 1 is 1.25 bits per heavy atom. The smallest absolute Gasteiger partial charge is 0.283 e. The summed E-state index contributed by atoms with van der Waals surface area (Å²) in [5.41, 5.74) is 0. The Morgan fingerprint density at radius 2 is 1.67 bits per heavy atom. The third-order valence-electron chi connectivity index (χ3n) is 1.32. The van der Waals surface area contributed by atoms with E-state index in [0.717, 1.165) is 0 Å². The topological polar surface area (TPSA) is 35.5 Å². The van der Waals surface area contributed by atoms with Crippen LogP contribution < -0.4 is 0 Å². The average Bonchev–Trinajstić information content (AvgIpc) is 1.83. The monoisotopic (exact) mass is 208 g/mol. The van der Waals surface area contributed by atoms with Crippen molar-refractivity contribution in [1.82, 2.24) is 0 Å². The average molecular weight is 208 g/mol. The molecule has 1 saturated heterocycles. The van der Waals surface area contributed by atoms with Crippen molar-refractivity contribution < 1.29 is 31.0 Å². The van der Waals surface area contributed by atoms with E-state index in [1.54, 1.807) is 0 Å².